The van der Waals surface area contributed by atoms with Crippen LogP contribution in [0.15, 0.2) is 18.2 Å². The van der Waals surface area contributed by atoms with Crippen LogP contribution in [0.3, 0.4) is 0 Å². The van der Waals surface area contributed by atoms with Gasteiger partial charge in [0.25, 0.3) is 5.91 Å². The maximum atomic E-state index is 12.8. The molecule has 1 saturated carbocycles. The average molecular weight is 288 g/mol. The molecule has 1 heterocycles. The van der Waals surface area contributed by atoms with Crippen molar-refractivity contribution in [3.05, 3.63) is 29.3 Å². The summed E-state index contributed by atoms with van der Waals surface area (Å²) in [5.74, 6) is 1.01. The van der Waals surface area contributed by atoms with Crippen LogP contribution < -0.4 is 5.32 Å². The Hall–Kier alpha value is -1.55. The van der Waals surface area contributed by atoms with Gasteiger partial charge in [0.2, 0.25) is 0 Å². The average Bonchev–Trinajstić information content (AvgIpc) is 3.11. The van der Waals surface area contributed by atoms with Gasteiger partial charge in [0.1, 0.15) is 5.75 Å². The second-order valence-electron chi connectivity index (χ2n) is 6.45. The molecule has 1 aliphatic carbocycles. The number of aromatic hydroxyl groups is 1. The molecule has 1 aliphatic heterocycles. The first-order chi connectivity index (χ1) is 10.1. The van der Waals surface area contributed by atoms with E-state index < -0.39 is 0 Å². The molecular weight excluding hydrogens is 264 g/mol. The summed E-state index contributed by atoms with van der Waals surface area (Å²) in [4.78, 5) is 14.9. The molecule has 1 amide bonds. The van der Waals surface area contributed by atoms with Crippen molar-refractivity contribution in [2.45, 2.75) is 38.6 Å². The van der Waals surface area contributed by atoms with Crippen LogP contribution in [0.2, 0.25) is 0 Å². The van der Waals surface area contributed by atoms with Gasteiger partial charge in [0.05, 0.1) is 0 Å². The molecule has 4 heteroatoms. The maximum Gasteiger partial charge on any atom is 0.254 e. The number of phenolic OH excluding ortho intramolecular Hbond substituents is 1. The third-order valence-corrected chi connectivity index (χ3v) is 4.51. The van der Waals surface area contributed by atoms with Gasteiger partial charge in [0, 0.05) is 24.7 Å². The SMILES string of the molecule is Cc1cc(O)ccc1C(=O)N(CC1CC1)CC1CCCN1. The van der Waals surface area contributed by atoms with Gasteiger partial charge in [-0.05, 0) is 68.8 Å². The van der Waals surface area contributed by atoms with Gasteiger partial charge in [0.15, 0.2) is 0 Å². The number of phenols is 1. The molecule has 0 bridgehead atoms. The van der Waals surface area contributed by atoms with Crippen LogP contribution in [-0.4, -0.2) is 41.6 Å². The lowest BCUT2D eigenvalue weighted by atomic mass is 10.1. The van der Waals surface area contributed by atoms with E-state index in [4.69, 9.17) is 0 Å². The topological polar surface area (TPSA) is 52.6 Å². The molecule has 2 fully saturated rings. The van der Waals surface area contributed by atoms with E-state index in [2.05, 4.69) is 5.32 Å². The molecule has 1 aromatic rings. The Morgan fingerprint density at radius 2 is 2.14 bits per heavy atom. The zero-order chi connectivity index (χ0) is 14.8. The minimum Gasteiger partial charge on any atom is -0.508 e. The standard InChI is InChI=1S/C17H24N2O2/c1-12-9-15(20)6-7-16(12)17(21)19(10-13-4-5-13)11-14-3-2-8-18-14/h6-7,9,13-14,18,20H,2-5,8,10-11H2,1H3. The second kappa shape index (κ2) is 6.06. The highest BCUT2D eigenvalue weighted by Crippen LogP contribution is 2.31. The van der Waals surface area contributed by atoms with Crippen molar-refractivity contribution in [1.82, 2.24) is 10.2 Å². The normalized spacial score (nSPS) is 21.5. The van der Waals surface area contributed by atoms with Crippen LogP contribution in [-0.2, 0) is 0 Å². The number of aryl methyl sites for hydroxylation is 1. The molecule has 2 aliphatic rings. The molecule has 1 atom stereocenters. The number of amides is 1. The number of carbonyl (C=O) groups excluding carboxylic acids is 1. The Kier molecular flexibility index (Phi) is 4.15. The second-order valence-corrected chi connectivity index (χ2v) is 6.45. The zero-order valence-corrected chi connectivity index (χ0v) is 12.6. The van der Waals surface area contributed by atoms with Crippen molar-refractivity contribution in [2.24, 2.45) is 5.92 Å². The van der Waals surface area contributed by atoms with E-state index >= 15 is 0 Å². The Morgan fingerprint density at radius 3 is 2.76 bits per heavy atom. The summed E-state index contributed by atoms with van der Waals surface area (Å²) in [5, 5.41) is 13.0. The number of nitrogens with one attached hydrogen (secondary N) is 1. The van der Waals surface area contributed by atoms with Crippen molar-refractivity contribution >= 4 is 5.91 Å². The van der Waals surface area contributed by atoms with E-state index in [-0.39, 0.29) is 11.7 Å². The van der Waals surface area contributed by atoms with Crippen LogP contribution in [0, 0.1) is 12.8 Å². The van der Waals surface area contributed by atoms with Gasteiger partial charge in [-0.3, -0.25) is 4.79 Å². The molecule has 1 aromatic carbocycles. The van der Waals surface area contributed by atoms with E-state index in [1.807, 2.05) is 11.8 Å². The van der Waals surface area contributed by atoms with Crippen molar-refractivity contribution < 1.29 is 9.90 Å². The summed E-state index contributed by atoms with van der Waals surface area (Å²) in [6, 6.07) is 5.44. The van der Waals surface area contributed by atoms with E-state index in [9.17, 15) is 9.90 Å². The Labute approximate surface area is 126 Å². The molecule has 1 saturated heterocycles. The molecule has 2 N–H and O–H groups in total. The van der Waals surface area contributed by atoms with Crippen LogP contribution in [0.5, 0.6) is 5.75 Å². The lowest BCUT2D eigenvalue weighted by Crippen LogP contribution is -2.42. The molecule has 1 unspecified atom stereocenters. The quantitative estimate of drug-likeness (QED) is 0.874. The summed E-state index contributed by atoms with van der Waals surface area (Å²) in [6.45, 7) is 4.62. The van der Waals surface area contributed by atoms with Crippen molar-refractivity contribution in [3.63, 3.8) is 0 Å². The van der Waals surface area contributed by atoms with Crippen LogP contribution in [0.25, 0.3) is 0 Å². The smallest absolute Gasteiger partial charge is 0.254 e. The van der Waals surface area contributed by atoms with E-state index in [1.54, 1.807) is 18.2 Å². The highest BCUT2D eigenvalue weighted by Gasteiger charge is 2.30. The lowest BCUT2D eigenvalue weighted by molar-refractivity contribution is 0.0733. The summed E-state index contributed by atoms with van der Waals surface area (Å²) in [5.41, 5.74) is 1.56. The summed E-state index contributed by atoms with van der Waals surface area (Å²) < 4.78 is 0. The molecule has 0 spiro atoms. The van der Waals surface area contributed by atoms with E-state index in [1.165, 1.54) is 19.3 Å². The number of nitrogens with zero attached hydrogens (tertiary/aromatic N) is 1. The Bertz CT molecular complexity index is 520. The minimum absolute atomic E-state index is 0.105. The molecular formula is C17H24N2O2. The lowest BCUT2D eigenvalue weighted by Gasteiger charge is -2.26. The molecule has 3 rings (SSSR count). The van der Waals surface area contributed by atoms with Gasteiger partial charge in [-0.25, -0.2) is 0 Å². The molecule has 0 aromatic heterocycles. The van der Waals surface area contributed by atoms with Crippen LogP contribution in [0.4, 0.5) is 0 Å². The first-order valence-corrected chi connectivity index (χ1v) is 7.96. The van der Waals surface area contributed by atoms with Gasteiger partial charge in [-0.15, -0.1) is 0 Å². The monoisotopic (exact) mass is 288 g/mol. The largest absolute Gasteiger partial charge is 0.508 e. The number of hydrogen-bond acceptors (Lipinski definition) is 3. The third-order valence-electron chi connectivity index (χ3n) is 4.51. The number of hydrogen-bond donors (Lipinski definition) is 2. The fourth-order valence-corrected chi connectivity index (χ4v) is 3.09. The first-order valence-electron chi connectivity index (χ1n) is 7.96. The molecule has 0 radical (unpaired) electrons. The molecule has 114 valence electrons. The Balaban J connectivity index is 1.75. The molecule has 4 nitrogen and oxygen atoms in total. The number of carbonyl (C=O) groups is 1. The first kappa shape index (κ1) is 14.4. The van der Waals surface area contributed by atoms with Crippen LogP contribution in [0.1, 0.15) is 41.6 Å². The number of benzene rings is 1. The molecule has 21 heavy (non-hydrogen) atoms. The number of rotatable bonds is 5. The maximum absolute atomic E-state index is 12.8. The summed E-state index contributed by atoms with van der Waals surface area (Å²) >= 11 is 0. The van der Waals surface area contributed by atoms with Gasteiger partial charge >= 0.3 is 0 Å². The van der Waals surface area contributed by atoms with E-state index in [0.717, 1.165) is 31.6 Å². The van der Waals surface area contributed by atoms with E-state index in [0.29, 0.717) is 17.5 Å². The summed E-state index contributed by atoms with van der Waals surface area (Å²) in [7, 11) is 0. The van der Waals surface area contributed by atoms with Crippen LogP contribution >= 0.6 is 0 Å². The minimum atomic E-state index is 0.105. The fraction of sp³-hybridized carbons (Fsp3) is 0.588. The predicted molar refractivity (Wildman–Crippen MR) is 82.5 cm³/mol. The highest BCUT2D eigenvalue weighted by atomic mass is 16.3. The predicted octanol–water partition coefficient (Wildman–Crippen LogP) is 2.30. The highest BCUT2D eigenvalue weighted by molar-refractivity contribution is 5.95. The van der Waals surface area contributed by atoms with Gasteiger partial charge < -0.3 is 15.3 Å². The van der Waals surface area contributed by atoms with Gasteiger partial charge in [-0.2, -0.15) is 0 Å². The Morgan fingerprint density at radius 1 is 1.33 bits per heavy atom. The van der Waals surface area contributed by atoms with Crippen molar-refractivity contribution in [1.29, 1.82) is 0 Å². The van der Waals surface area contributed by atoms with Gasteiger partial charge in [-0.1, -0.05) is 0 Å². The zero-order valence-electron chi connectivity index (χ0n) is 12.6. The van der Waals surface area contributed by atoms with Crippen molar-refractivity contribution in [2.75, 3.05) is 19.6 Å². The summed E-state index contributed by atoms with van der Waals surface area (Å²) in [6.07, 6.45) is 4.85. The fourth-order valence-electron chi connectivity index (χ4n) is 3.09. The van der Waals surface area contributed by atoms with Crippen molar-refractivity contribution in [3.8, 4) is 5.75 Å². The third kappa shape index (κ3) is 3.56.